The molecule has 0 saturated carbocycles. The molecule has 1 unspecified atom stereocenters. The smallest absolute Gasteiger partial charge is 1.00 e. The van der Waals surface area contributed by atoms with Crippen molar-refractivity contribution in [3.05, 3.63) is 29.8 Å². The van der Waals surface area contributed by atoms with Crippen LogP contribution < -0.4 is 29.6 Å². The molecule has 0 fully saturated rings. The third-order valence-corrected chi connectivity index (χ3v) is 4.87. The SMILES string of the molecule is CCCCCCCCCCCCCc1ccc(S(=O)O)cc1.[H-].[Na+]. The Kier molecular flexibility index (Phi) is 16.1. The van der Waals surface area contributed by atoms with Crippen LogP contribution in [0.1, 0.15) is 84.5 Å². The first-order valence-corrected chi connectivity index (χ1v) is 10.0. The topological polar surface area (TPSA) is 37.3 Å². The van der Waals surface area contributed by atoms with Gasteiger partial charge in [-0.1, -0.05) is 83.3 Å². The summed E-state index contributed by atoms with van der Waals surface area (Å²) >= 11 is -1.85. The predicted molar refractivity (Wildman–Crippen MR) is 96.8 cm³/mol. The van der Waals surface area contributed by atoms with E-state index in [1.165, 1.54) is 76.2 Å². The van der Waals surface area contributed by atoms with Crippen LogP contribution in [0.25, 0.3) is 0 Å². The van der Waals surface area contributed by atoms with Gasteiger partial charge < -0.3 is 5.98 Å². The molecule has 1 aromatic carbocycles. The summed E-state index contributed by atoms with van der Waals surface area (Å²) in [6.07, 6.45) is 16.1. The predicted octanol–water partition coefficient (Wildman–Crippen LogP) is 3.24. The second kappa shape index (κ2) is 15.8. The molecule has 0 heterocycles. The average molecular weight is 349 g/mol. The number of unbranched alkanes of at least 4 members (excludes halogenated alkanes) is 10. The summed E-state index contributed by atoms with van der Waals surface area (Å²) in [4.78, 5) is 0.489. The van der Waals surface area contributed by atoms with Crippen molar-refractivity contribution in [1.29, 1.82) is 0 Å². The Hall–Kier alpha value is 0.330. The van der Waals surface area contributed by atoms with Crippen LogP contribution in [0.2, 0.25) is 0 Å². The van der Waals surface area contributed by atoms with E-state index in [0.29, 0.717) is 4.90 Å². The molecule has 0 radical (unpaired) electrons. The van der Waals surface area contributed by atoms with Gasteiger partial charge in [0.05, 0.1) is 4.90 Å². The Morgan fingerprint density at radius 1 is 0.826 bits per heavy atom. The van der Waals surface area contributed by atoms with Gasteiger partial charge in [0.2, 0.25) is 0 Å². The third kappa shape index (κ3) is 12.4. The van der Waals surface area contributed by atoms with Crippen LogP contribution in [-0.4, -0.2) is 8.76 Å². The average Bonchev–Trinajstić information content (AvgIpc) is 2.53. The summed E-state index contributed by atoms with van der Waals surface area (Å²) in [5, 5.41) is 0. The Morgan fingerprint density at radius 3 is 1.70 bits per heavy atom. The van der Waals surface area contributed by atoms with Gasteiger partial charge in [-0.2, -0.15) is 0 Å². The molecular formula is C19H33NaO2S. The molecule has 0 saturated heterocycles. The zero-order valence-corrected chi connectivity index (χ0v) is 17.9. The molecule has 0 aliphatic rings. The van der Waals surface area contributed by atoms with E-state index in [1.54, 1.807) is 12.1 Å². The van der Waals surface area contributed by atoms with E-state index in [1.807, 2.05) is 12.1 Å². The summed E-state index contributed by atoms with van der Waals surface area (Å²) in [5.74, 6) is 0. The van der Waals surface area contributed by atoms with Gasteiger partial charge in [0, 0.05) is 0 Å². The Morgan fingerprint density at radius 2 is 1.26 bits per heavy atom. The van der Waals surface area contributed by atoms with E-state index in [9.17, 15) is 4.21 Å². The maximum absolute atomic E-state index is 10.9. The number of hydrogen-bond donors (Lipinski definition) is 1. The fraction of sp³-hybridized carbons (Fsp3) is 0.684. The van der Waals surface area contributed by atoms with Crippen molar-refractivity contribution >= 4 is 11.1 Å². The first kappa shape index (κ1) is 23.3. The Bertz CT molecular complexity index is 412. The van der Waals surface area contributed by atoms with Crippen LogP contribution in [0.15, 0.2) is 29.2 Å². The molecule has 1 atom stereocenters. The zero-order valence-electron chi connectivity index (χ0n) is 16.1. The second-order valence-electron chi connectivity index (χ2n) is 6.18. The molecule has 23 heavy (non-hydrogen) atoms. The molecule has 0 aliphatic carbocycles. The van der Waals surface area contributed by atoms with E-state index in [0.717, 1.165) is 6.42 Å². The molecule has 2 nitrogen and oxygen atoms in total. The molecular weight excluding hydrogens is 315 g/mol. The van der Waals surface area contributed by atoms with E-state index >= 15 is 0 Å². The summed E-state index contributed by atoms with van der Waals surface area (Å²) in [6.45, 7) is 2.27. The maximum Gasteiger partial charge on any atom is 1.00 e. The van der Waals surface area contributed by atoms with Crippen molar-refractivity contribution in [2.45, 2.75) is 88.9 Å². The summed E-state index contributed by atoms with van der Waals surface area (Å²) < 4.78 is 19.8. The van der Waals surface area contributed by atoms with Gasteiger partial charge in [-0.15, -0.1) is 0 Å². The van der Waals surface area contributed by atoms with E-state index in [4.69, 9.17) is 4.55 Å². The van der Waals surface area contributed by atoms with Crippen LogP contribution in [0.3, 0.4) is 0 Å². The first-order valence-electron chi connectivity index (χ1n) is 8.94. The van der Waals surface area contributed by atoms with Crippen LogP contribution in [0, 0.1) is 0 Å². The fourth-order valence-electron chi connectivity index (χ4n) is 2.77. The van der Waals surface area contributed by atoms with Crippen molar-refractivity contribution in [3.8, 4) is 0 Å². The normalized spacial score (nSPS) is 11.9. The van der Waals surface area contributed by atoms with Crippen molar-refractivity contribution < 1.29 is 39.7 Å². The number of rotatable bonds is 13. The minimum Gasteiger partial charge on any atom is -1.00 e. The molecule has 1 rings (SSSR count). The van der Waals surface area contributed by atoms with Crippen molar-refractivity contribution in [2.75, 3.05) is 0 Å². The molecule has 128 valence electrons. The van der Waals surface area contributed by atoms with Gasteiger partial charge in [-0.3, -0.25) is 0 Å². The quantitative estimate of drug-likeness (QED) is 0.338. The summed E-state index contributed by atoms with van der Waals surface area (Å²) in [5.41, 5.74) is 1.27. The van der Waals surface area contributed by atoms with E-state index in [2.05, 4.69) is 6.92 Å². The van der Waals surface area contributed by atoms with Gasteiger partial charge >= 0.3 is 29.6 Å². The van der Waals surface area contributed by atoms with Crippen molar-refractivity contribution in [2.24, 2.45) is 0 Å². The second-order valence-corrected chi connectivity index (χ2v) is 7.15. The van der Waals surface area contributed by atoms with Crippen LogP contribution in [-0.2, 0) is 17.5 Å². The molecule has 0 spiro atoms. The van der Waals surface area contributed by atoms with E-state index in [-0.39, 0.29) is 31.0 Å². The van der Waals surface area contributed by atoms with Crippen LogP contribution in [0.5, 0.6) is 0 Å². The van der Waals surface area contributed by atoms with Gasteiger partial charge in [-0.25, -0.2) is 4.21 Å². The van der Waals surface area contributed by atoms with Gasteiger partial charge in [-0.05, 0) is 30.5 Å². The van der Waals surface area contributed by atoms with Gasteiger partial charge in [0.1, 0.15) is 0 Å². The minimum absolute atomic E-state index is 0. The monoisotopic (exact) mass is 348 g/mol. The third-order valence-electron chi connectivity index (χ3n) is 4.19. The summed E-state index contributed by atoms with van der Waals surface area (Å²) in [6, 6.07) is 7.45. The van der Waals surface area contributed by atoms with E-state index < -0.39 is 11.1 Å². The standard InChI is InChI=1S/C19H32O2S.Na.H/c1-2-3-4-5-6-7-8-9-10-11-12-13-18-14-16-19(17-15-18)22(20)21;;/h14-17H,2-13H2,1H3,(H,20,21);;/q;+1;-1. The molecule has 0 amide bonds. The number of benzene rings is 1. The van der Waals surface area contributed by atoms with Gasteiger partial charge in [0.25, 0.3) is 0 Å². The maximum atomic E-state index is 10.9. The molecule has 0 aliphatic heterocycles. The molecule has 1 N–H and O–H groups in total. The Balaban J connectivity index is 0. The fourth-order valence-corrected chi connectivity index (χ4v) is 3.13. The minimum atomic E-state index is -1.85. The molecule has 0 aromatic heterocycles. The largest absolute Gasteiger partial charge is 1.00 e. The number of hydrogen-bond acceptors (Lipinski definition) is 1. The summed E-state index contributed by atoms with van der Waals surface area (Å²) in [7, 11) is 0. The van der Waals surface area contributed by atoms with Gasteiger partial charge in [0.15, 0.2) is 11.1 Å². The molecule has 0 bridgehead atoms. The Labute approximate surface area is 168 Å². The van der Waals surface area contributed by atoms with Crippen molar-refractivity contribution in [1.82, 2.24) is 0 Å². The van der Waals surface area contributed by atoms with Crippen molar-refractivity contribution in [3.63, 3.8) is 0 Å². The number of aryl methyl sites for hydroxylation is 1. The zero-order chi connectivity index (χ0) is 16.0. The molecule has 4 heteroatoms. The first-order chi connectivity index (χ1) is 10.7. The van der Waals surface area contributed by atoms with Crippen LogP contribution >= 0.6 is 0 Å². The van der Waals surface area contributed by atoms with Crippen LogP contribution in [0.4, 0.5) is 0 Å². The molecule has 1 aromatic rings.